The van der Waals surface area contributed by atoms with Crippen LogP contribution in [0.3, 0.4) is 0 Å². The van der Waals surface area contributed by atoms with Gasteiger partial charge < -0.3 is 20.9 Å². The van der Waals surface area contributed by atoms with Crippen LogP contribution in [0.1, 0.15) is 38.7 Å². The Balaban J connectivity index is 2.60. The first-order chi connectivity index (χ1) is 10.6. The van der Waals surface area contributed by atoms with Crippen LogP contribution in [-0.2, 0) is 4.79 Å². The molecule has 1 aromatic rings. The standard InChI is InChI=1S/C17H26N2O3/c1-3-5-10-22-16-8-6-13(11-15(16)18)7-9-17(21)19-14(4-2)12-20/h6-9,11,14,20H,3-5,10,12,18H2,1-2H3,(H,19,21)/b9-7-. The zero-order valence-electron chi connectivity index (χ0n) is 13.3. The molecule has 1 rings (SSSR count). The van der Waals surface area contributed by atoms with Gasteiger partial charge in [-0.05, 0) is 36.6 Å². The molecule has 0 aliphatic carbocycles. The minimum absolute atomic E-state index is 0.0627. The Bertz CT molecular complexity index is 497. The summed E-state index contributed by atoms with van der Waals surface area (Å²) < 4.78 is 5.58. The van der Waals surface area contributed by atoms with Crippen molar-refractivity contribution in [1.82, 2.24) is 5.32 Å². The maximum Gasteiger partial charge on any atom is 0.244 e. The maximum absolute atomic E-state index is 11.7. The molecular weight excluding hydrogens is 280 g/mol. The van der Waals surface area contributed by atoms with Crippen molar-refractivity contribution in [1.29, 1.82) is 0 Å². The number of unbranched alkanes of at least 4 members (excludes halogenated alkanes) is 1. The number of nitrogens with one attached hydrogen (secondary N) is 1. The van der Waals surface area contributed by atoms with Gasteiger partial charge in [-0.25, -0.2) is 0 Å². The third-order valence-electron chi connectivity index (χ3n) is 3.28. The van der Waals surface area contributed by atoms with E-state index in [-0.39, 0.29) is 18.6 Å². The number of carbonyl (C=O) groups is 1. The molecule has 1 amide bonds. The summed E-state index contributed by atoms with van der Waals surface area (Å²) in [5.74, 6) is 0.434. The number of aliphatic hydroxyl groups is 1. The first-order valence-corrected chi connectivity index (χ1v) is 7.72. The second-order valence-electron chi connectivity index (χ2n) is 5.13. The van der Waals surface area contributed by atoms with Crippen LogP contribution >= 0.6 is 0 Å². The van der Waals surface area contributed by atoms with Crippen molar-refractivity contribution in [2.45, 2.75) is 39.2 Å². The molecule has 22 heavy (non-hydrogen) atoms. The third kappa shape index (κ3) is 6.18. The van der Waals surface area contributed by atoms with E-state index in [4.69, 9.17) is 15.6 Å². The highest BCUT2D eigenvalue weighted by molar-refractivity contribution is 5.92. The minimum atomic E-state index is -0.234. The van der Waals surface area contributed by atoms with E-state index in [0.29, 0.717) is 24.5 Å². The molecule has 1 atom stereocenters. The summed E-state index contributed by atoms with van der Waals surface area (Å²) in [7, 11) is 0. The average molecular weight is 306 g/mol. The minimum Gasteiger partial charge on any atom is -0.491 e. The number of amides is 1. The van der Waals surface area contributed by atoms with Crippen molar-refractivity contribution in [2.24, 2.45) is 0 Å². The monoisotopic (exact) mass is 306 g/mol. The number of rotatable bonds is 9. The van der Waals surface area contributed by atoms with E-state index in [0.717, 1.165) is 18.4 Å². The van der Waals surface area contributed by atoms with Gasteiger partial charge in [0.15, 0.2) is 0 Å². The van der Waals surface area contributed by atoms with Crippen LogP contribution in [0.25, 0.3) is 6.08 Å². The van der Waals surface area contributed by atoms with Gasteiger partial charge >= 0.3 is 0 Å². The normalized spacial score (nSPS) is 12.3. The highest BCUT2D eigenvalue weighted by Gasteiger charge is 2.06. The third-order valence-corrected chi connectivity index (χ3v) is 3.28. The van der Waals surface area contributed by atoms with Crippen LogP contribution in [0.2, 0.25) is 0 Å². The van der Waals surface area contributed by atoms with Gasteiger partial charge in [-0.15, -0.1) is 0 Å². The van der Waals surface area contributed by atoms with E-state index >= 15 is 0 Å². The Morgan fingerprint density at radius 1 is 1.45 bits per heavy atom. The van der Waals surface area contributed by atoms with E-state index in [9.17, 15) is 4.79 Å². The largest absolute Gasteiger partial charge is 0.491 e. The summed E-state index contributed by atoms with van der Waals surface area (Å²) >= 11 is 0. The van der Waals surface area contributed by atoms with Gasteiger partial charge in [-0.2, -0.15) is 0 Å². The van der Waals surface area contributed by atoms with Crippen LogP contribution in [0.4, 0.5) is 5.69 Å². The number of ether oxygens (including phenoxy) is 1. The smallest absolute Gasteiger partial charge is 0.244 e. The van der Waals surface area contributed by atoms with E-state index in [1.165, 1.54) is 6.08 Å². The predicted octanol–water partition coefficient (Wildman–Crippen LogP) is 2.35. The van der Waals surface area contributed by atoms with Gasteiger partial charge in [0.1, 0.15) is 5.75 Å². The van der Waals surface area contributed by atoms with Crippen LogP contribution in [0.15, 0.2) is 24.3 Å². The highest BCUT2D eigenvalue weighted by atomic mass is 16.5. The molecule has 0 saturated heterocycles. The molecule has 4 N–H and O–H groups in total. The lowest BCUT2D eigenvalue weighted by molar-refractivity contribution is -0.117. The molecule has 0 aliphatic rings. The Morgan fingerprint density at radius 3 is 2.82 bits per heavy atom. The molecule has 0 aliphatic heterocycles. The molecule has 122 valence electrons. The van der Waals surface area contributed by atoms with Gasteiger partial charge in [0, 0.05) is 6.08 Å². The van der Waals surface area contributed by atoms with Gasteiger partial charge in [0.05, 0.1) is 24.9 Å². The van der Waals surface area contributed by atoms with Crippen LogP contribution < -0.4 is 15.8 Å². The van der Waals surface area contributed by atoms with Crippen molar-refractivity contribution in [3.63, 3.8) is 0 Å². The summed E-state index contributed by atoms with van der Waals surface area (Å²) in [6.07, 6.45) is 5.87. The average Bonchev–Trinajstić information content (AvgIpc) is 2.52. The molecule has 5 heteroatoms. The first-order valence-electron chi connectivity index (χ1n) is 7.72. The molecule has 0 saturated carbocycles. The summed E-state index contributed by atoms with van der Waals surface area (Å²) in [6.45, 7) is 4.60. The molecule has 1 aromatic carbocycles. The first kappa shape index (κ1) is 18.0. The fourth-order valence-corrected chi connectivity index (χ4v) is 1.83. The fourth-order valence-electron chi connectivity index (χ4n) is 1.83. The zero-order chi connectivity index (χ0) is 16.4. The Morgan fingerprint density at radius 2 is 2.23 bits per heavy atom. The summed E-state index contributed by atoms with van der Waals surface area (Å²) in [4.78, 5) is 11.7. The van der Waals surface area contributed by atoms with Gasteiger partial charge in [-0.1, -0.05) is 26.3 Å². The molecule has 0 spiro atoms. The fraction of sp³-hybridized carbons (Fsp3) is 0.471. The Hall–Kier alpha value is -2.01. The topological polar surface area (TPSA) is 84.6 Å². The van der Waals surface area contributed by atoms with E-state index in [1.807, 2.05) is 19.1 Å². The Kier molecular flexibility index (Phi) is 8.07. The van der Waals surface area contributed by atoms with E-state index < -0.39 is 0 Å². The number of carbonyl (C=O) groups excluding carboxylic acids is 1. The lowest BCUT2D eigenvalue weighted by Gasteiger charge is -2.12. The van der Waals surface area contributed by atoms with Crippen molar-refractivity contribution in [3.05, 3.63) is 29.8 Å². The van der Waals surface area contributed by atoms with Gasteiger partial charge in [0.2, 0.25) is 5.91 Å². The van der Waals surface area contributed by atoms with E-state index in [2.05, 4.69) is 12.2 Å². The Labute approximate surface area is 132 Å². The quantitative estimate of drug-likeness (QED) is 0.371. The number of nitrogen functional groups attached to an aromatic ring is 1. The lowest BCUT2D eigenvalue weighted by atomic mass is 10.1. The molecule has 0 heterocycles. The number of nitrogens with two attached hydrogens (primary N) is 1. The van der Waals surface area contributed by atoms with Crippen LogP contribution in [-0.4, -0.2) is 30.3 Å². The molecular formula is C17H26N2O3. The number of benzene rings is 1. The SMILES string of the molecule is CCCCOc1ccc(/C=C\C(=O)NC(CC)CO)cc1N. The van der Waals surface area contributed by atoms with Crippen molar-refractivity contribution in [2.75, 3.05) is 18.9 Å². The zero-order valence-corrected chi connectivity index (χ0v) is 13.3. The molecule has 5 nitrogen and oxygen atoms in total. The number of aliphatic hydroxyl groups excluding tert-OH is 1. The second-order valence-corrected chi connectivity index (χ2v) is 5.13. The molecule has 1 unspecified atom stereocenters. The van der Waals surface area contributed by atoms with Crippen LogP contribution in [0, 0.1) is 0 Å². The number of hydrogen-bond acceptors (Lipinski definition) is 4. The lowest BCUT2D eigenvalue weighted by Crippen LogP contribution is -2.35. The van der Waals surface area contributed by atoms with Gasteiger partial charge in [0.25, 0.3) is 0 Å². The maximum atomic E-state index is 11.7. The van der Waals surface area contributed by atoms with Crippen molar-refractivity contribution in [3.8, 4) is 5.75 Å². The molecule has 0 fully saturated rings. The molecule has 0 radical (unpaired) electrons. The number of anilines is 1. The number of hydrogen-bond donors (Lipinski definition) is 3. The van der Waals surface area contributed by atoms with Crippen LogP contribution in [0.5, 0.6) is 5.75 Å². The van der Waals surface area contributed by atoms with Crippen molar-refractivity contribution < 1.29 is 14.6 Å². The highest BCUT2D eigenvalue weighted by Crippen LogP contribution is 2.23. The van der Waals surface area contributed by atoms with E-state index in [1.54, 1.807) is 12.1 Å². The summed E-state index contributed by atoms with van der Waals surface area (Å²) in [5, 5.41) is 11.8. The predicted molar refractivity (Wildman–Crippen MR) is 89.6 cm³/mol. The molecule has 0 bridgehead atoms. The van der Waals surface area contributed by atoms with Gasteiger partial charge in [-0.3, -0.25) is 4.79 Å². The second kappa shape index (κ2) is 9.84. The summed E-state index contributed by atoms with van der Waals surface area (Å²) in [5.41, 5.74) is 7.32. The molecule has 0 aromatic heterocycles. The van der Waals surface area contributed by atoms with Crippen molar-refractivity contribution >= 4 is 17.7 Å². The summed E-state index contributed by atoms with van der Waals surface area (Å²) in [6, 6.07) is 5.22.